The fraction of sp³-hybridized carbons (Fsp3) is 0.250. The van der Waals surface area contributed by atoms with Gasteiger partial charge in [-0.1, -0.05) is 25.4 Å². The van der Waals surface area contributed by atoms with Crippen molar-refractivity contribution in [3.63, 3.8) is 0 Å². The van der Waals surface area contributed by atoms with Crippen LogP contribution in [-0.2, 0) is 12.8 Å². The summed E-state index contributed by atoms with van der Waals surface area (Å²) < 4.78 is 0. The molecule has 0 aliphatic heterocycles. The number of nitrogen functional groups attached to an aromatic ring is 1. The van der Waals surface area contributed by atoms with Crippen molar-refractivity contribution in [2.24, 2.45) is 0 Å². The first kappa shape index (κ1) is 42.9. The van der Waals surface area contributed by atoms with Gasteiger partial charge >= 0.3 is 0 Å². The van der Waals surface area contributed by atoms with Crippen LogP contribution in [0.15, 0.2) is 73.3 Å². The molecule has 0 bridgehead atoms. The molecule has 17 heteroatoms. The van der Waals surface area contributed by atoms with Crippen LogP contribution < -0.4 is 32.3 Å². The van der Waals surface area contributed by atoms with Crippen molar-refractivity contribution < 1.29 is 9.59 Å². The summed E-state index contributed by atoms with van der Waals surface area (Å²) in [6.45, 7) is 11.5. The SMILES string of the molecule is CCc1ncccc1Nc1cc(Cl)ncc1C(=O)NC.CCc1ncccc1Nc1cc(Nc2cc(C)nc(C)n2)ncc1C(=O)NC.Cc1cc(N)nc(C)n1. The third-order valence-electron chi connectivity index (χ3n) is 7.91. The number of anilines is 7. The van der Waals surface area contributed by atoms with Crippen molar-refractivity contribution >= 4 is 63.6 Å². The molecule has 0 saturated carbocycles. The lowest BCUT2D eigenvalue weighted by Gasteiger charge is -2.15. The highest BCUT2D eigenvalue weighted by molar-refractivity contribution is 6.29. The van der Waals surface area contributed by atoms with E-state index < -0.39 is 0 Å². The van der Waals surface area contributed by atoms with Gasteiger partial charge in [-0.25, -0.2) is 29.9 Å². The maximum Gasteiger partial charge on any atom is 0.254 e. The smallest absolute Gasteiger partial charge is 0.254 e. The Kier molecular flexibility index (Phi) is 15.6. The summed E-state index contributed by atoms with van der Waals surface area (Å²) in [5.74, 6) is 2.70. The molecule has 0 spiro atoms. The van der Waals surface area contributed by atoms with Gasteiger partial charge in [0.1, 0.15) is 34.3 Å². The van der Waals surface area contributed by atoms with Crippen molar-refractivity contribution in [1.82, 2.24) is 50.5 Å². The Morgan fingerprint density at radius 1 is 0.614 bits per heavy atom. The van der Waals surface area contributed by atoms with Crippen LogP contribution in [0.3, 0.4) is 0 Å². The van der Waals surface area contributed by atoms with Gasteiger partial charge in [0.15, 0.2) is 0 Å². The van der Waals surface area contributed by atoms with Gasteiger partial charge in [-0.3, -0.25) is 19.6 Å². The Labute approximate surface area is 337 Å². The number of carbonyl (C=O) groups excluding carboxylic acids is 2. The zero-order valence-electron chi connectivity index (χ0n) is 33.2. The van der Waals surface area contributed by atoms with Gasteiger partial charge in [0.05, 0.1) is 45.3 Å². The van der Waals surface area contributed by atoms with Crippen LogP contribution in [-0.4, -0.2) is 65.8 Å². The molecule has 6 aromatic heterocycles. The van der Waals surface area contributed by atoms with Crippen molar-refractivity contribution in [2.45, 2.75) is 54.4 Å². The van der Waals surface area contributed by atoms with E-state index in [9.17, 15) is 9.59 Å². The molecule has 0 unspecified atom stereocenters. The topological polar surface area (TPSA) is 223 Å². The van der Waals surface area contributed by atoms with E-state index in [2.05, 4.69) is 66.5 Å². The van der Waals surface area contributed by atoms with Gasteiger partial charge in [0.25, 0.3) is 11.8 Å². The Morgan fingerprint density at radius 2 is 1.12 bits per heavy atom. The number of nitrogens with zero attached hydrogens (tertiary/aromatic N) is 8. The third kappa shape index (κ3) is 12.6. The first-order valence-corrected chi connectivity index (χ1v) is 18.4. The fourth-order valence-corrected chi connectivity index (χ4v) is 5.56. The van der Waals surface area contributed by atoms with Crippen molar-refractivity contribution in [3.8, 4) is 0 Å². The monoisotopic (exact) mass is 790 g/mol. The predicted molar refractivity (Wildman–Crippen MR) is 225 cm³/mol. The fourth-order valence-electron chi connectivity index (χ4n) is 5.41. The number of nitrogens with two attached hydrogens (primary N) is 1. The molecule has 0 saturated heterocycles. The summed E-state index contributed by atoms with van der Waals surface area (Å²) >= 11 is 5.91. The van der Waals surface area contributed by atoms with E-state index in [-0.39, 0.29) is 11.8 Å². The first-order chi connectivity index (χ1) is 27.3. The lowest BCUT2D eigenvalue weighted by atomic mass is 10.2. The molecule has 0 aliphatic rings. The van der Waals surface area contributed by atoms with Gasteiger partial charge in [-0.2, -0.15) is 0 Å². The summed E-state index contributed by atoms with van der Waals surface area (Å²) in [6, 6.07) is 14.5. The summed E-state index contributed by atoms with van der Waals surface area (Å²) in [6.07, 6.45) is 8.04. The standard InChI is InChI=1S/C20H23N7O.C14H15ClN4O.C6H9N3/c1-5-15-16(7-6-8-22-15)26-17-10-18(23-11-14(17)20(28)21-4)27-19-9-12(2)24-13(3)25-19;1-3-10-11(5-4-6-17-10)19-12-7-13(15)18-8-9(12)14(20)16-2;1-4-3-6(7)9-5(2)8-4/h6-11H,5H2,1-4H3,(H,21,28)(H2,23,24,25,26,27);4-8H,3H2,1-2H3,(H,16,20)(H,18,19);3H,1-2H3,(H2,7,8,9). The largest absolute Gasteiger partial charge is 0.384 e. The average Bonchev–Trinajstić information content (AvgIpc) is 3.17. The highest BCUT2D eigenvalue weighted by Crippen LogP contribution is 2.27. The molecule has 0 atom stereocenters. The second-order valence-electron chi connectivity index (χ2n) is 12.3. The quantitative estimate of drug-likeness (QED) is 0.0789. The highest BCUT2D eigenvalue weighted by Gasteiger charge is 2.15. The van der Waals surface area contributed by atoms with Crippen LogP contribution in [0.4, 0.5) is 40.2 Å². The van der Waals surface area contributed by atoms with Crippen LogP contribution in [0.5, 0.6) is 0 Å². The number of aryl methyl sites for hydroxylation is 6. The number of rotatable bonds is 10. The van der Waals surface area contributed by atoms with Crippen molar-refractivity contribution in [2.75, 3.05) is 35.8 Å². The second kappa shape index (κ2) is 20.8. The number of hydrogen-bond acceptors (Lipinski definition) is 14. The Balaban J connectivity index is 0.000000215. The van der Waals surface area contributed by atoms with Crippen LogP contribution >= 0.6 is 11.6 Å². The van der Waals surface area contributed by atoms with E-state index in [0.717, 1.165) is 52.8 Å². The molecular formula is C40H47ClN14O2. The number of amides is 2. The lowest BCUT2D eigenvalue weighted by Crippen LogP contribution is -2.20. The van der Waals surface area contributed by atoms with E-state index in [4.69, 9.17) is 17.3 Å². The van der Waals surface area contributed by atoms with Crippen LogP contribution in [0, 0.1) is 27.7 Å². The zero-order valence-corrected chi connectivity index (χ0v) is 33.9. The molecule has 6 rings (SSSR count). The predicted octanol–water partition coefficient (Wildman–Crippen LogP) is 6.76. The van der Waals surface area contributed by atoms with Gasteiger partial charge < -0.3 is 32.3 Å². The van der Waals surface area contributed by atoms with Crippen LogP contribution in [0.1, 0.15) is 69.0 Å². The Bertz CT molecular complexity index is 2250. The average molecular weight is 791 g/mol. The van der Waals surface area contributed by atoms with Gasteiger partial charge in [-0.15, -0.1) is 0 Å². The van der Waals surface area contributed by atoms with Crippen molar-refractivity contribution in [1.29, 1.82) is 0 Å². The van der Waals surface area contributed by atoms with E-state index in [1.54, 1.807) is 44.7 Å². The van der Waals surface area contributed by atoms with E-state index in [1.807, 2.05) is 71.9 Å². The summed E-state index contributed by atoms with van der Waals surface area (Å²) in [7, 11) is 3.16. The van der Waals surface area contributed by atoms with Gasteiger partial charge in [0, 0.05) is 68.5 Å². The minimum atomic E-state index is -0.225. The Hall–Kier alpha value is -6.81. The van der Waals surface area contributed by atoms with Gasteiger partial charge in [0.2, 0.25) is 0 Å². The van der Waals surface area contributed by atoms with E-state index in [0.29, 0.717) is 50.9 Å². The summed E-state index contributed by atoms with van der Waals surface area (Å²) in [4.78, 5) is 57.7. The molecular weight excluding hydrogens is 744 g/mol. The Morgan fingerprint density at radius 3 is 1.61 bits per heavy atom. The maximum absolute atomic E-state index is 12.3. The molecule has 6 aromatic rings. The number of carbonyl (C=O) groups is 2. The number of hydrogen-bond donors (Lipinski definition) is 6. The van der Waals surface area contributed by atoms with Crippen molar-refractivity contribution in [3.05, 3.63) is 124 Å². The van der Waals surface area contributed by atoms with Crippen LogP contribution in [0.25, 0.3) is 0 Å². The number of pyridine rings is 4. The number of halogens is 1. The second-order valence-corrected chi connectivity index (χ2v) is 12.7. The molecule has 6 heterocycles. The molecule has 57 heavy (non-hydrogen) atoms. The first-order valence-electron chi connectivity index (χ1n) is 18.0. The normalized spacial score (nSPS) is 10.2. The molecule has 0 aliphatic carbocycles. The lowest BCUT2D eigenvalue weighted by molar-refractivity contribution is 0.0955. The maximum atomic E-state index is 12.3. The molecule has 0 radical (unpaired) electrons. The minimum Gasteiger partial charge on any atom is -0.384 e. The molecule has 296 valence electrons. The summed E-state index contributed by atoms with van der Waals surface area (Å²) in [5.41, 5.74) is 12.8. The summed E-state index contributed by atoms with van der Waals surface area (Å²) in [5, 5.41) is 15.2. The highest BCUT2D eigenvalue weighted by atomic mass is 35.5. The number of nitrogens with one attached hydrogen (secondary N) is 5. The minimum absolute atomic E-state index is 0.224. The van der Waals surface area contributed by atoms with Crippen LogP contribution in [0.2, 0.25) is 5.15 Å². The number of aromatic nitrogens is 8. The molecule has 16 nitrogen and oxygen atoms in total. The van der Waals surface area contributed by atoms with E-state index in [1.165, 1.54) is 12.4 Å². The van der Waals surface area contributed by atoms with E-state index >= 15 is 0 Å². The molecule has 2 amide bonds. The molecule has 0 fully saturated rings. The third-order valence-corrected chi connectivity index (χ3v) is 8.12. The zero-order chi connectivity index (χ0) is 41.5. The van der Waals surface area contributed by atoms with Gasteiger partial charge in [-0.05, 0) is 70.9 Å². The molecule has 0 aromatic carbocycles. The molecule has 7 N–H and O–H groups in total.